The Kier molecular flexibility index (Phi) is 3.77. The summed E-state index contributed by atoms with van der Waals surface area (Å²) in [6, 6.07) is 3.13. The molecule has 1 aliphatic rings. The molecule has 0 aliphatic carbocycles. The second-order valence-corrected chi connectivity index (χ2v) is 5.25. The summed E-state index contributed by atoms with van der Waals surface area (Å²) in [4.78, 5) is 10.6. The topological polar surface area (TPSA) is 62.5 Å². The third kappa shape index (κ3) is 2.95. The van der Waals surface area contributed by atoms with Gasteiger partial charge in [0.25, 0.3) is 0 Å². The molecule has 88 valence electrons. The molecule has 1 saturated heterocycles. The predicted molar refractivity (Wildman–Crippen MR) is 64.3 cm³/mol. The first-order valence-electron chi connectivity index (χ1n) is 5.44. The maximum Gasteiger partial charge on any atom is 0.371 e. The summed E-state index contributed by atoms with van der Waals surface area (Å²) in [6.45, 7) is 0.844. The van der Waals surface area contributed by atoms with Gasteiger partial charge in [0.2, 0.25) is 5.76 Å². The van der Waals surface area contributed by atoms with Crippen LogP contribution in [0.3, 0.4) is 0 Å². The average Bonchev–Trinajstić information content (AvgIpc) is 2.76. The fourth-order valence-corrected chi connectivity index (χ4v) is 2.97. The summed E-state index contributed by atoms with van der Waals surface area (Å²) < 4.78 is 5.12. The number of carboxylic acid groups (broad SMARTS) is 1. The van der Waals surface area contributed by atoms with Crippen LogP contribution in [0.5, 0.6) is 0 Å². The van der Waals surface area contributed by atoms with Gasteiger partial charge in [-0.2, -0.15) is 11.8 Å². The molecule has 2 heterocycles. The van der Waals surface area contributed by atoms with E-state index in [9.17, 15) is 4.79 Å². The largest absolute Gasteiger partial charge is 0.475 e. The highest BCUT2D eigenvalue weighted by atomic mass is 32.2. The van der Waals surface area contributed by atoms with E-state index in [-0.39, 0.29) is 5.76 Å². The van der Waals surface area contributed by atoms with Gasteiger partial charge < -0.3 is 14.8 Å². The summed E-state index contributed by atoms with van der Waals surface area (Å²) in [6.07, 6.45) is 3.83. The minimum atomic E-state index is -1.03. The van der Waals surface area contributed by atoms with Crippen molar-refractivity contribution < 1.29 is 14.3 Å². The lowest BCUT2D eigenvalue weighted by Gasteiger charge is -2.21. The number of thioether (sulfide) groups is 1. The first-order chi connectivity index (χ1) is 7.75. The van der Waals surface area contributed by atoms with E-state index in [0.717, 1.165) is 6.54 Å². The fraction of sp³-hybridized carbons (Fsp3) is 0.545. The molecular formula is C11H15NO3S. The molecule has 0 saturated carbocycles. The Morgan fingerprint density at radius 1 is 1.56 bits per heavy atom. The van der Waals surface area contributed by atoms with Crippen LogP contribution < -0.4 is 5.32 Å². The zero-order valence-electron chi connectivity index (χ0n) is 8.94. The lowest BCUT2D eigenvalue weighted by atomic mass is 10.2. The van der Waals surface area contributed by atoms with Crippen molar-refractivity contribution in [2.24, 2.45) is 0 Å². The van der Waals surface area contributed by atoms with Crippen molar-refractivity contribution in [3.63, 3.8) is 0 Å². The molecule has 5 heteroatoms. The van der Waals surface area contributed by atoms with Gasteiger partial charge in [0, 0.05) is 17.9 Å². The highest BCUT2D eigenvalue weighted by Crippen LogP contribution is 2.25. The van der Waals surface area contributed by atoms with Gasteiger partial charge in [-0.15, -0.1) is 0 Å². The van der Waals surface area contributed by atoms with E-state index in [2.05, 4.69) is 5.32 Å². The number of anilines is 1. The number of hydrogen-bond acceptors (Lipinski definition) is 4. The molecule has 1 atom stereocenters. The number of carbonyl (C=O) groups is 1. The lowest BCUT2D eigenvalue weighted by Crippen LogP contribution is -2.19. The van der Waals surface area contributed by atoms with Crippen molar-refractivity contribution >= 4 is 23.6 Å². The zero-order chi connectivity index (χ0) is 11.4. The molecule has 1 fully saturated rings. The summed E-state index contributed by atoms with van der Waals surface area (Å²) >= 11 is 1.98. The van der Waals surface area contributed by atoms with Gasteiger partial charge in [-0.05, 0) is 24.7 Å². The van der Waals surface area contributed by atoms with Crippen molar-refractivity contribution in [2.45, 2.75) is 24.5 Å². The second-order valence-electron chi connectivity index (χ2n) is 3.84. The number of aromatic carboxylic acids is 1. The smallest absolute Gasteiger partial charge is 0.371 e. The zero-order valence-corrected chi connectivity index (χ0v) is 9.76. The van der Waals surface area contributed by atoms with E-state index >= 15 is 0 Å². The number of furan rings is 1. The quantitative estimate of drug-likeness (QED) is 0.848. The van der Waals surface area contributed by atoms with Crippen molar-refractivity contribution in [1.82, 2.24) is 0 Å². The van der Waals surface area contributed by atoms with Crippen LogP contribution >= 0.6 is 11.8 Å². The van der Waals surface area contributed by atoms with E-state index in [1.54, 1.807) is 6.07 Å². The molecule has 2 rings (SSSR count). The van der Waals surface area contributed by atoms with Crippen LogP contribution in [-0.4, -0.2) is 28.6 Å². The molecule has 1 aliphatic heterocycles. The standard InChI is InChI=1S/C11H15NO3S/c13-11(14)9-4-5-10(15-9)12-7-8-3-1-2-6-16-8/h4-5,8,12H,1-3,6-7H2,(H,13,14). The fourth-order valence-electron chi connectivity index (χ4n) is 1.73. The van der Waals surface area contributed by atoms with Gasteiger partial charge in [-0.1, -0.05) is 6.42 Å². The van der Waals surface area contributed by atoms with E-state index < -0.39 is 5.97 Å². The van der Waals surface area contributed by atoms with Crippen LogP contribution in [0, 0.1) is 0 Å². The molecule has 1 aromatic heterocycles. The SMILES string of the molecule is O=C(O)c1ccc(NCC2CCCCS2)o1. The van der Waals surface area contributed by atoms with Crippen molar-refractivity contribution in [1.29, 1.82) is 0 Å². The van der Waals surface area contributed by atoms with Gasteiger partial charge in [0.15, 0.2) is 5.88 Å². The first kappa shape index (κ1) is 11.4. The van der Waals surface area contributed by atoms with Gasteiger partial charge in [-0.3, -0.25) is 0 Å². The summed E-state index contributed by atoms with van der Waals surface area (Å²) in [5.74, 6) is 0.729. The Hall–Kier alpha value is -1.10. The Morgan fingerprint density at radius 3 is 3.06 bits per heavy atom. The number of carboxylic acids is 1. The highest BCUT2D eigenvalue weighted by Gasteiger charge is 2.14. The van der Waals surface area contributed by atoms with Gasteiger partial charge >= 0.3 is 5.97 Å². The second kappa shape index (κ2) is 5.30. The Balaban J connectivity index is 1.81. The van der Waals surface area contributed by atoms with Crippen molar-refractivity contribution in [3.05, 3.63) is 17.9 Å². The maximum absolute atomic E-state index is 10.6. The van der Waals surface area contributed by atoms with E-state index in [1.165, 1.54) is 31.1 Å². The predicted octanol–water partition coefficient (Wildman–Crippen LogP) is 2.68. The van der Waals surface area contributed by atoms with Crippen LogP contribution in [0.2, 0.25) is 0 Å². The number of hydrogen-bond donors (Lipinski definition) is 2. The molecule has 1 aromatic rings. The molecule has 0 radical (unpaired) electrons. The number of nitrogens with one attached hydrogen (secondary N) is 1. The van der Waals surface area contributed by atoms with Crippen LogP contribution in [0.1, 0.15) is 29.8 Å². The minimum absolute atomic E-state index is 0.0150. The average molecular weight is 241 g/mol. The summed E-state index contributed by atoms with van der Waals surface area (Å²) in [5.41, 5.74) is 0. The molecule has 1 unspecified atom stereocenters. The molecule has 0 amide bonds. The third-order valence-electron chi connectivity index (χ3n) is 2.59. The maximum atomic E-state index is 10.6. The van der Waals surface area contributed by atoms with Crippen LogP contribution in [-0.2, 0) is 0 Å². The van der Waals surface area contributed by atoms with Gasteiger partial charge in [0.1, 0.15) is 0 Å². The van der Waals surface area contributed by atoms with Crippen molar-refractivity contribution in [3.8, 4) is 0 Å². The lowest BCUT2D eigenvalue weighted by molar-refractivity contribution is 0.0663. The molecule has 0 spiro atoms. The third-order valence-corrected chi connectivity index (χ3v) is 3.99. The molecule has 0 aromatic carbocycles. The van der Waals surface area contributed by atoms with Gasteiger partial charge in [-0.25, -0.2) is 4.79 Å². The van der Waals surface area contributed by atoms with E-state index in [1.807, 2.05) is 11.8 Å². The van der Waals surface area contributed by atoms with Gasteiger partial charge in [0.05, 0.1) is 0 Å². The van der Waals surface area contributed by atoms with E-state index in [0.29, 0.717) is 11.1 Å². The van der Waals surface area contributed by atoms with Crippen molar-refractivity contribution in [2.75, 3.05) is 17.6 Å². The molecule has 2 N–H and O–H groups in total. The van der Waals surface area contributed by atoms with Crippen LogP contribution in [0.15, 0.2) is 16.5 Å². The highest BCUT2D eigenvalue weighted by molar-refractivity contribution is 7.99. The molecule has 4 nitrogen and oxygen atoms in total. The summed E-state index contributed by atoms with van der Waals surface area (Å²) in [7, 11) is 0. The number of rotatable bonds is 4. The minimum Gasteiger partial charge on any atom is -0.475 e. The normalized spacial score (nSPS) is 20.6. The molecule has 0 bridgehead atoms. The molecule has 16 heavy (non-hydrogen) atoms. The Labute approximate surface area is 98.4 Å². The summed E-state index contributed by atoms with van der Waals surface area (Å²) in [5, 5.41) is 12.4. The Bertz CT molecular complexity index is 358. The first-order valence-corrected chi connectivity index (χ1v) is 6.49. The monoisotopic (exact) mass is 241 g/mol. The van der Waals surface area contributed by atoms with Crippen LogP contribution in [0.4, 0.5) is 5.88 Å². The van der Waals surface area contributed by atoms with Crippen LogP contribution in [0.25, 0.3) is 0 Å². The molecular weight excluding hydrogens is 226 g/mol. The Morgan fingerprint density at radius 2 is 2.44 bits per heavy atom. The van der Waals surface area contributed by atoms with E-state index in [4.69, 9.17) is 9.52 Å².